The van der Waals surface area contributed by atoms with Gasteiger partial charge in [-0.05, 0) is 42.1 Å². The molecule has 1 aromatic heterocycles. The quantitative estimate of drug-likeness (QED) is 0.603. The van der Waals surface area contributed by atoms with Gasteiger partial charge in [0.1, 0.15) is 6.04 Å². The molecule has 5 nitrogen and oxygen atoms in total. The molecule has 1 aliphatic heterocycles. The van der Waals surface area contributed by atoms with Crippen LogP contribution in [0, 0.1) is 6.92 Å². The largest absolute Gasteiger partial charge is 0.321 e. The molecule has 6 heteroatoms. The molecule has 1 unspecified atom stereocenters. The molecule has 3 amide bonds. The van der Waals surface area contributed by atoms with Gasteiger partial charge in [-0.15, -0.1) is 11.3 Å². The third-order valence-corrected chi connectivity index (χ3v) is 5.92. The van der Waals surface area contributed by atoms with E-state index in [1.165, 1.54) is 21.1 Å². The van der Waals surface area contributed by atoms with Crippen LogP contribution in [0.25, 0.3) is 0 Å². The second-order valence-electron chi connectivity index (χ2n) is 6.95. The summed E-state index contributed by atoms with van der Waals surface area (Å²) in [7, 11) is 0. The highest BCUT2D eigenvalue weighted by molar-refractivity contribution is 7.09. The van der Waals surface area contributed by atoms with Crippen LogP contribution in [0.4, 0.5) is 5.69 Å². The molecule has 2 heterocycles. The second kappa shape index (κ2) is 8.01. The molecule has 3 aromatic rings. The number of benzene rings is 2. The number of hydrogen-bond donors (Lipinski definition) is 0. The smallest absolute Gasteiger partial charge is 0.257 e. The lowest BCUT2D eigenvalue weighted by Gasteiger charge is -2.28. The first-order chi connectivity index (χ1) is 14.1. The number of carbonyl (C=O) groups excluding carboxylic acids is 3. The fourth-order valence-electron chi connectivity index (χ4n) is 3.57. The summed E-state index contributed by atoms with van der Waals surface area (Å²) in [4.78, 5) is 43.0. The summed E-state index contributed by atoms with van der Waals surface area (Å²) in [5.41, 5.74) is 1.91. The highest BCUT2D eigenvalue weighted by Gasteiger charge is 2.44. The number of thiophene rings is 1. The fraction of sp³-hybridized carbons (Fsp3) is 0.174. The zero-order valence-electron chi connectivity index (χ0n) is 15.9. The van der Waals surface area contributed by atoms with Gasteiger partial charge >= 0.3 is 0 Å². The Bertz CT molecular complexity index is 1050. The lowest BCUT2D eigenvalue weighted by Crippen LogP contribution is -2.45. The van der Waals surface area contributed by atoms with Gasteiger partial charge in [-0.2, -0.15) is 0 Å². The van der Waals surface area contributed by atoms with E-state index in [0.717, 1.165) is 10.4 Å². The maximum atomic E-state index is 13.4. The summed E-state index contributed by atoms with van der Waals surface area (Å²) in [6.07, 6.45) is -0.0171. The van der Waals surface area contributed by atoms with E-state index in [2.05, 4.69) is 0 Å². The summed E-state index contributed by atoms with van der Waals surface area (Å²) in [5.74, 6) is -0.891. The van der Waals surface area contributed by atoms with Crippen LogP contribution in [0.5, 0.6) is 0 Å². The molecule has 0 N–H and O–H groups in total. The van der Waals surface area contributed by atoms with Crippen molar-refractivity contribution in [1.82, 2.24) is 4.90 Å². The number of aryl methyl sites for hydroxylation is 1. The molecule has 0 bridgehead atoms. The number of rotatable bonds is 5. The van der Waals surface area contributed by atoms with E-state index in [0.29, 0.717) is 11.3 Å². The molecular formula is C23H20N2O3S. The average Bonchev–Trinajstić information content (AvgIpc) is 3.34. The summed E-state index contributed by atoms with van der Waals surface area (Å²) in [5, 5.41) is 1.93. The minimum Gasteiger partial charge on any atom is -0.321 e. The van der Waals surface area contributed by atoms with Gasteiger partial charge in [0.15, 0.2) is 0 Å². The van der Waals surface area contributed by atoms with E-state index in [1.54, 1.807) is 36.4 Å². The van der Waals surface area contributed by atoms with E-state index < -0.39 is 6.04 Å². The number of nitrogens with zero attached hydrogens (tertiary/aromatic N) is 2. The lowest BCUT2D eigenvalue weighted by atomic mass is 10.1. The lowest BCUT2D eigenvalue weighted by molar-refractivity contribution is -0.122. The van der Waals surface area contributed by atoms with Crippen molar-refractivity contribution in [2.75, 3.05) is 4.90 Å². The standard InChI is InChI=1S/C23H20N2O3S/c1-16-8-5-6-12-19(16)22(27)24(15-18-11-7-13-29-18)20-14-21(26)25(23(20)28)17-9-3-2-4-10-17/h2-13,20H,14-15H2,1H3. The number of para-hydroxylation sites is 1. The van der Waals surface area contributed by atoms with Gasteiger partial charge in [-0.25, -0.2) is 4.90 Å². The Morgan fingerprint density at radius 3 is 2.45 bits per heavy atom. The van der Waals surface area contributed by atoms with Crippen molar-refractivity contribution in [3.8, 4) is 0 Å². The maximum Gasteiger partial charge on any atom is 0.257 e. The molecule has 0 spiro atoms. The third-order valence-electron chi connectivity index (χ3n) is 5.06. The summed E-state index contributed by atoms with van der Waals surface area (Å²) < 4.78 is 0. The summed E-state index contributed by atoms with van der Waals surface area (Å²) in [6, 6.07) is 19.2. The Morgan fingerprint density at radius 1 is 1.03 bits per heavy atom. The molecule has 0 aliphatic carbocycles. The average molecular weight is 404 g/mol. The summed E-state index contributed by atoms with van der Waals surface area (Å²) >= 11 is 1.52. The van der Waals surface area contributed by atoms with Gasteiger partial charge < -0.3 is 4.90 Å². The van der Waals surface area contributed by atoms with Crippen molar-refractivity contribution in [3.63, 3.8) is 0 Å². The normalized spacial score (nSPS) is 16.3. The molecule has 1 atom stereocenters. The molecular weight excluding hydrogens is 384 g/mol. The van der Waals surface area contributed by atoms with Crippen LogP contribution in [0.2, 0.25) is 0 Å². The van der Waals surface area contributed by atoms with Crippen molar-refractivity contribution in [2.45, 2.75) is 25.9 Å². The van der Waals surface area contributed by atoms with Crippen LogP contribution in [0.15, 0.2) is 72.1 Å². The number of carbonyl (C=O) groups is 3. The SMILES string of the molecule is Cc1ccccc1C(=O)N(Cc1cccs1)C1CC(=O)N(c2ccccc2)C1=O. The minimum atomic E-state index is -0.822. The van der Waals surface area contributed by atoms with E-state index in [1.807, 2.05) is 42.6 Å². The number of imide groups is 1. The Labute approximate surface area is 173 Å². The zero-order chi connectivity index (χ0) is 20.4. The Kier molecular flexibility index (Phi) is 5.27. The number of hydrogen-bond acceptors (Lipinski definition) is 4. The molecule has 1 aliphatic rings. The van der Waals surface area contributed by atoms with E-state index in [9.17, 15) is 14.4 Å². The first-order valence-electron chi connectivity index (χ1n) is 9.37. The first-order valence-corrected chi connectivity index (χ1v) is 10.2. The molecule has 1 fully saturated rings. The number of anilines is 1. The predicted molar refractivity (Wildman–Crippen MR) is 113 cm³/mol. The van der Waals surface area contributed by atoms with Gasteiger partial charge in [-0.3, -0.25) is 14.4 Å². The molecule has 4 rings (SSSR count). The number of amides is 3. The van der Waals surface area contributed by atoms with Crippen LogP contribution in [0.1, 0.15) is 27.2 Å². The van der Waals surface area contributed by atoms with Gasteiger partial charge in [0.2, 0.25) is 5.91 Å². The highest BCUT2D eigenvalue weighted by atomic mass is 32.1. The Morgan fingerprint density at radius 2 is 1.76 bits per heavy atom. The molecule has 0 saturated carbocycles. The van der Waals surface area contributed by atoms with Gasteiger partial charge in [0.25, 0.3) is 11.8 Å². The van der Waals surface area contributed by atoms with E-state index >= 15 is 0 Å². The van der Waals surface area contributed by atoms with Crippen molar-refractivity contribution in [3.05, 3.63) is 88.1 Å². The second-order valence-corrected chi connectivity index (χ2v) is 7.98. The molecule has 2 aromatic carbocycles. The Hall–Kier alpha value is -3.25. The predicted octanol–water partition coefficient (Wildman–Crippen LogP) is 4.03. The zero-order valence-corrected chi connectivity index (χ0v) is 16.8. The maximum absolute atomic E-state index is 13.4. The fourth-order valence-corrected chi connectivity index (χ4v) is 4.27. The van der Waals surface area contributed by atoms with E-state index in [4.69, 9.17) is 0 Å². The Balaban J connectivity index is 1.70. The van der Waals surface area contributed by atoms with Crippen molar-refractivity contribution in [2.24, 2.45) is 0 Å². The van der Waals surface area contributed by atoms with Gasteiger partial charge in [-0.1, -0.05) is 42.5 Å². The minimum absolute atomic E-state index is 0.0171. The van der Waals surface area contributed by atoms with Crippen LogP contribution in [0.3, 0.4) is 0 Å². The highest BCUT2D eigenvalue weighted by Crippen LogP contribution is 2.28. The van der Waals surface area contributed by atoms with Crippen LogP contribution < -0.4 is 4.90 Å². The van der Waals surface area contributed by atoms with Crippen molar-refractivity contribution >= 4 is 34.7 Å². The van der Waals surface area contributed by atoms with Gasteiger partial charge in [0, 0.05) is 10.4 Å². The topological polar surface area (TPSA) is 57.7 Å². The monoisotopic (exact) mass is 404 g/mol. The third kappa shape index (κ3) is 3.71. The van der Waals surface area contributed by atoms with Crippen LogP contribution >= 0.6 is 11.3 Å². The van der Waals surface area contributed by atoms with Crippen molar-refractivity contribution < 1.29 is 14.4 Å². The van der Waals surface area contributed by atoms with Crippen molar-refractivity contribution in [1.29, 1.82) is 0 Å². The van der Waals surface area contributed by atoms with E-state index in [-0.39, 0.29) is 30.7 Å². The van der Waals surface area contributed by atoms with Gasteiger partial charge in [0.05, 0.1) is 18.7 Å². The molecule has 0 radical (unpaired) electrons. The molecule has 1 saturated heterocycles. The summed E-state index contributed by atoms with van der Waals surface area (Å²) in [6.45, 7) is 2.16. The van der Waals surface area contributed by atoms with Crippen LogP contribution in [-0.2, 0) is 16.1 Å². The molecule has 29 heavy (non-hydrogen) atoms. The van der Waals surface area contributed by atoms with Crippen LogP contribution in [-0.4, -0.2) is 28.7 Å². The molecule has 146 valence electrons. The first kappa shape index (κ1) is 19.1.